The highest BCUT2D eigenvalue weighted by Crippen LogP contribution is 2.28. The summed E-state index contributed by atoms with van der Waals surface area (Å²) >= 11 is 0. The van der Waals surface area contributed by atoms with Gasteiger partial charge in [-0.1, -0.05) is 30.3 Å². The zero-order valence-electron chi connectivity index (χ0n) is 21.7. The molecular formula is C25H32FN5O9. The van der Waals surface area contributed by atoms with Crippen LogP contribution in [0.25, 0.3) is 0 Å². The maximum Gasteiger partial charge on any atom is 0.408 e. The second-order valence-corrected chi connectivity index (χ2v) is 9.08. The van der Waals surface area contributed by atoms with Crippen LogP contribution in [0.3, 0.4) is 0 Å². The third-order valence-electron chi connectivity index (χ3n) is 6.05. The zero-order valence-corrected chi connectivity index (χ0v) is 21.7. The summed E-state index contributed by atoms with van der Waals surface area (Å²) in [7, 11) is 0. The van der Waals surface area contributed by atoms with Crippen molar-refractivity contribution in [3.8, 4) is 0 Å². The molecule has 1 saturated heterocycles. The minimum absolute atomic E-state index is 0.0567. The molecule has 0 saturated carbocycles. The van der Waals surface area contributed by atoms with Crippen molar-refractivity contribution in [1.82, 2.24) is 20.2 Å². The first-order valence-corrected chi connectivity index (χ1v) is 12.5. The van der Waals surface area contributed by atoms with Crippen molar-refractivity contribution in [3.63, 3.8) is 0 Å². The van der Waals surface area contributed by atoms with Gasteiger partial charge in [0.1, 0.15) is 31.0 Å². The second kappa shape index (κ2) is 14.5. The molecule has 1 aromatic carbocycles. The van der Waals surface area contributed by atoms with Crippen LogP contribution in [-0.2, 0) is 25.7 Å². The fraction of sp³-hybridized carbons (Fsp3) is 0.480. The van der Waals surface area contributed by atoms with Crippen LogP contribution in [0.5, 0.6) is 0 Å². The average Bonchev–Trinajstić information content (AvgIpc) is 3.21. The van der Waals surface area contributed by atoms with Crippen LogP contribution in [0, 0.1) is 5.82 Å². The van der Waals surface area contributed by atoms with E-state index in [2.05, 4.69) is 20.9 Å². The first-order valence-electron chi connectivity index (χ1n) is 12.5. The Morgan fingerprint density at radius 1 is 1.18 bits per heavy atom. The van der Waals surface area contributed by atoms with Gasteiger partial charge in [-0.05, 0) is 24.8 Å². The van der Waals surface area contributed by atoms with Gasteiger partial charge >= 0.3 is 11.8 Å². The van der Waals surface area contributed by atoms with Crippen molar-refractivity contribution in [3.05, 3.63) is 58.4 Å². The fourth-order valence-electron chi connectivity index (χ4n) is 3.94. The van der Waals surface area contributed by atoms with Crippen LogP contribution in [0.15, 0.2) is 41.3 Å². The fourth-order valence-corrected chi connectivity index (χ4v) is 3.94. The van der Waals surface area contributed by atoms with Crippen molar-refractivity contribution in [2.24, 2.45) is 0 Å². The number of unbranched alkanes of at least 4 members (excludes halogenated alkanes) is 1. The summed E-state index contributed by atoms with van der Waals surface area (Å²) in [6.07, 6.45) is -5.20. The first-order chi connectivity index (χ1) is 19.1. The monoisotopic (exact) mass is 565 g/mol. The standard InChI is InChI=1S/C25H32FN5O9/c1-14(33)27-10-6-5-9-17(28-25(38)39-13-15-7-3-2-4-8-15)22(36)29-21-16(26)11-31(24(37)30-21)23-20(35)19(34)18(12-32)40-23/h2-4,7-8,11,17-20,23,32,34-35H,5-6,9-10,12-13H2,1H3,(H,27,33)(H,28,38)(H,29,30,36,37)/t17?,18-,19-,20-,23-/m1/s1. The molecule has 2 heterocycles. The number of hydrogen-bond donors (Lipinski definition) is 6. The highest BCUT2D eigenvalue weighted by atomic mass is 19.1. The number of aromatic nitrogens is 2. The number of aliphatic hydroxyl groups is 3. The van der Waals surface area contributed by atoms with Gasteiger partial charge < -0.3 is 40.7 Å². The molecule has 0 bridgehead atoms. The summed E-state index contributed by atoms with van der Waals surface area (Å²) in [4.78, 5) is 52.5. The van der Waals surface area contributed by atoms with E-state index < -0.39 is 66.5 Å². The number of aliphatic hydroxyl groups excluding tert-OH is 3. The molecule has 14 nitrogen and oxygen atoms in total. The molecular weight excluding hydrogens is 533 g/mol. The van der Waals surface area contributed by atoms with Crippen molar-refractivity contribution >= 4 is 23.7 Å². The van der Waals surface area contributed by atoms with Gasteiger partial charge in [-0.25, -0.2) is 14.0 Å². The summed E-state index contributed by atoms with van der Waals surface area (Å²) in [5.41, 5.74) is -0.399. The van der Waals surface area contributed by atoms with Gasteiger partial charge in [-0.2, -0.15) is 4.98 Å². The molecule has 218 valence electrons. The zero-order chi connectivity index (χ0) is 29.2. The third-order valence-corrected chi connectivity index (χ3v) is 6.05. The molecule has 1 aliphatic rings. The van der Waals surface area contributed by atoms with Crippen molar-refractivity contribution < 1.29 is 43.6 Å². The van der Waals surface area contributed by atoms with E-state index in [0.29, 0.717) is 30.2 Å². The number of rotatable bonds is 12. The molecule has 40 heavy (non-hydrogen) atoms. The number of hydrogen-bond acceptors (Lipinski definition) is 10. The summed E-state index contributed by atoms with van der Waals surface area (Å²) in [5, 5.41) is 36.5. The van der Waals surface area contributed by atoms with E-state index in [1.54, 1.807) is 30.3 Å². The highest BCUT2D eigenvalue weighted by molar-refractivity contribution is 5.95. The van der Waals surface area contributed by atoms with Gasteiger partial charge in [-0.3, -0.25) is 14.2 Å². The molecule has 2 aromatic rings. The van der Waals surface area contributed by atoms with E-state index in [4.69, 9.17) is 9.47 Å². The van der Waals surface area contributed by atoms with Gasteiger partial charge in [0.25, 0.3) is 0 Å². The lowest BCUT2D eigenvalue weighted by molar-refractivity contribution is -0.119. The quantitative estimate of drug-likeness (QED) is 0.183. The number of ether oxygens (including phenoxy) is 2. The van der Waals surface area contributed by atoms with Gasteiger partial charge in [0, 0.05) is 13.5 Å². The summed E-state index contributed by atoms with van der Waals surface area (Å²) in [5.74, 6) is -3.00. The molecule has 1 aromatic heterocycles. The number of halogens is 1. The largest absolute Gasteiger partial charge is 0.445 e. The summed E-state index contributed by atoms with van der Waals surface area (Å²) in [6.45, 7) is 0.999. The molecule has 15 heteroatoms. The summed E-state index contributed by atoms with van der Waals surface area (Å²) in [6, 6.07) is 7.62. The minimum Gasteiger partial charge on any atom is -0.445 e. The number of amides is 3. The second-order valence-electron chi connectivity index (χ2n) is 9.08. The number of nitrogens with zero attached hydrogens (tertiary/aromatic N) is 2. The van der Waals surface area contributed by atoms with E-state index in [-0.39, 0.29) is 18.9 Å². The minimum atomic E-state index is -1.65. The van der Waals surface area contributed by atoms with Crippen LogP contribution in [-0.4, -0.2) is 80.3 Å². The summed E-state index contributed by atoms with van der Waals surface area (Å²) < 4.78 is 25.9. The van der Waals surface area contributed by atoms with E-state index >= 15 is 0 Å². The number of alkyl carbamates (subject to hydrolysis) is 1. The Morgan fingerprint density at radius 3 is 2.55 bits per heavy atom. The van der Waals surface area contributed by atoms with Crippen LogP contribution in [0.4, 0.5) is 15.0 Å². The third kappa shape index (κ3) is 8.29. The molecule has 0 spiro atoms. The maximum absolute atomic E-state index is 14.9. The average molecular weight is 566 g/mol. The Kier molecular flexibility index (Phi) is 11.1. The topological polar surface area (TPSA) is 201 Å². The van der Waals surface area contributed by atoms with E-state index in [1.165, 1.54) is 6.92 Å². The SMILES string of the molecule is CC(=O)NCCCCC(NC(=O)OCc1ccccc1)C(=O)Nc1nc(=O)n([C@@H]2O[C@H](CO)[C@@H](O)[C@H]2O)cc1F. The molecule has 0 aliphatic carbocycles. The molecule has 5 atom stereocenters. The van der Waals surface area contributed by atoms with Crippen LogP contribution >= 0.6 is 0 Å². The predicted octanol–water partition coefficient (Wildman–Crippen LogP) is -0.466. The Morgan fingerprint density at radius 2 is 1.90 bits per heavy atom. The molecule has 1 aliphatic heterocycles. The molecule has 3 rings (SSSR count). The van der Waals surface area contributed by atoms with Crippen molar-refractivity contribution in [1.29, 1.82) is 0 Å². The van der Waals surface area contributed by atoms with E-state index in [0.717, 1.165) is 5.56 Å². The van der Waals surface area contributed by atoms with Gasteiger partial charge in [0.05, 0.1) is 12.8 Å². The molecule has 0 radical (unpaired) electrons. The van der Waals surface area contributed by atoms with Crippen molar-refractivity contribution in [2.75, 3.05) is 18.5 Å². The molecule has 1 fully saturated rings. The number of carbonyl (C=O) groups excluding carboxylic acids is 3. The first kappa shape index (κ1) is 30.6. The Labute approximate surface area is 228 Å². The Balaban J connectivity index is 1.69. The highest BCUT2D eigenvalue weighted by Gasteiger charge is 2.44. The van der Waals surface area contributed by atoms with Gasteiger partial charge in [0.15, 0.2) is 17.9 Å². The molecule has 1 unspecified atom stereocenters. The lowest BCUT2D eigenvalue weighted by atomic mass is 10.1. The van der Waals surface area contributed by atoms with Crippen molar-refractivity contribution in [2.45, 2.75) is 63.4 Å². The number of carbonyl (C=O) groups is 3. The lowest BCUT2D eigenvalue weighted by Crippen LogP contribution is -2.44. The van der Waals surface area contributed by atoms with Gasteiger partial charge in [0.2, 0.25) is 11.8 Å². The Bertz CT molecular complexity index is 1230. The smallest absolute Gasteiger partial charge is 0.408 e. The van der Waals surface area contributed by atoms with Crippen LogP contribution in [0.1, 0.15) is 38.0 Å². The molecule has 3 amide bonds. The van der Waals surface area contributed by atoms with Crippen LogP contribution < -0.4 is 21.6 Å². The predicted molar refractivity (Wildman–Crippen MR) is 136 cm³/mol. The Hall–Kier alpha value is -3.92. The lowest BCUT2D eigenvalue weighted by Gasteiger charge is -2.20. The number of nitrogens with one attached hydrogen (secondary N) is 3. The van der Waals surface area contributed by atoms with Crippen LogP contribution in [0.2, 0.25) is 0 Å². The van der Waals surface area contributed by atoms with E-state index in [1.807, 2.05) is 0 Å². The maximum atomic E-state index is 14.9. The molecule has 6 N–H and O–H groups in total. The number of benzene rings is 1. The van der Waals surface area contributed by atoms with E-state index in [9.17, 15) is 38.9 Å². The normalized spacial score (nSPS) is 20.9. The van der Waals surface area contributed by atoms with Gasteiger partial charge in [-0.15, -0.1) is 0 Å². The number of anilines is 1.